The van der Waals surface area contributed by atoms with Crippen LogP contribution in [0.15, 0.2) is 84.9 Å². The van der Waals surface area contributed by atoms with Crippen molar-refractivity contribution in [1.82, 2.24) is 14.9 Å². The van der Waals surface area contributed by atoms with Crippen LogP contribution in [0.5, 0.6) is 0 Å². The molecule has 4 aromatic carbocycles. The van der Waals surface area contributed by atoms with Crippen LogP contribution in [-0.4, -0.2) is 34.9 Å². The molecule has 0 saturated carbocycles. The van der Waals surface area contributed by atoms with Crippen LogP contribution in [0.2, 0.25) is 10.0 Å². The van der Waals surface area contributed by atoms with Crippen molar-refractivity contribution in [1.29, 1.82) is 0 Å². The summed E-state index contributed by atoms with van der Waals surface area (Å²) < 4.78 is 0. The maximum Gasteiger partial charge on any atom is 0.255 e. The zero-order chi connectivity index (χ0) is 27.5. The molecule has 196 valence electrons. The van der Waals surface area contributed by atoms with E-state index < -0.39 is 0 Å². The number of carbonyl (C=O) groups is 1. The Kier molecular flexibility index (Phi) is 7.79. The van der Waals surface area contributed by atoms with Crippen LogP contribution >= 0.6 is 23.2 Å². The second-order valence-electron chi connectivity index (χ2n) is 9.61. The fourth-order valence-electron chi connectivity index (χ4n) is 4.34. The Hall–Kier alpha value is -3.97. The third-order valence-electron chi connectivity index (χ3n) is 6.19. The number of benzene rings is 4. The lowest BCUT2D eigenvalue weighted by Crippen LogP contribution is -2.14. The number of aromatic nitrogens is 2. The number of rotatable bonds is 7. The first kappa shape index (κ1) is 26.6. The molecular formula is C31H27Cl2N5O. The van der Waals surface area contributed by atoms with E-state index in [-0.39, 0.29) is 5.91 Å². The first-order valence-corrected chi connectivity index (χ1v) is 13.2. The summed E-state index contributed by atoms with van der Waals surface area (Å²) in [6, 6.07) is 26.5. The zero-order valence-corrected chi connectivity index (χ0v) is 23.3. The molecule has 0 aliphatic rings. The van der Waals surface area contributed by atoms with Gasteiger partial charge in [-0.05, 0) is 86.7 Å². The van der Waals surface area contributed by atoms with Crippen LogP contribution < -0.4 is 10.6 Å². The van der Waals surface area contributed by atoms with Crippen molar-refractivity contribution in [2.75, 3.05) is 24.7 Å². The van der Waals surface area contributed by atoms with Crippen molar-refractivity contribution < 1.29 is 4.79 Å². The van der Waals surface area contributed by atoms with Crippen molar-refractivity contribution in [2.24, 2.45) is 0 Å². The van der Waals surface area contributed by atoms with Gasteiger partial charge in [-0.2, -0.15) is 0 Å². The monoisotopic (exact) mass is 555 g/mol. The Balaban J connectivity index is 1.38. The Bertz CT molecular complexity index is 1650. The van der Waals surface area contributed by atoms with Crippen molar-refractivity contribution in [3.63, 3.8) is 0 Å². The number of hydrogen-bond acceptors (Lipinski definition) is 5. The van der Waals surface area contributed by atoms with Gasteiger partial charge in [0.15, 0.2) is 0 Å². The van der Waals surface area contributed by atoms with Gasteiger partial charge in [0.2, 0.25) is 5.95 Å². The average molecular weight is 556 g/mol. The largest absolute Gasteiger partial charge is 0.324 e. The molecule has 0 spiro atoms. The predicted octanol–water partition coefficient (Wildman–Crippen LogP) is 7.97. The van der Waals surface area contributed by atoms with Crippen LogP contribution in [0.3, 0.4) is 0 Å². The molecule has 1 heterocycles. The van der Waals surface area contributed by atoms with Gasteiger partial charge in [-0.1, -0.05) is 53.5 Å². The van der Waals surface area contributed by atoms with E-state index in [0.29, 0.717) is 21.6 Å². The van der Waals surface area contributed by atoms with Gasteiger partial charge in [0.05, 0.1) is 11.2 Å². The van der Waals surface area contributed by atoms with Crippen molar-refractivity contribution in [3.05, 3.63) is 112 Å². The van der Waals surface area contributed by atoms with Gasteiger partial charge < -0.3 is 15.5 Å². The van der Waals surface area contributed by atoms with Crippen LogP contribution in [0.1, 0.15) is 21.5 Å². The number of nitrogens with one attached hydrogen (secondary N) is 2. The molecule has 5 rings (SSSR count). The van der Waals surface area contributed by atoms with E-state index in [1.54, 1.807) is 18.2 Å². The number of amides is 1. The number of anilines is 3. The van der Waals surface area contributed by atoms with Crippen molar-refractivity contribution >= 4 is 57.3 Å². The van der Waals surface area contributed by atoms with Gasteiger partial charge in [-0.15, -0.1) is 0 Å². The van der Waals surface area contributed by atoms with Gasteiger partial charge in [0.25, 0.3) is 5.91 Å². The maximum atomic E-state index is 13.0. The van der Waals surface area contributed by atoms with E-state index in [1.165, 1.54) is 0 Å². The number of nitrogens with zero attached hydrogens (tertiary/aromatic N) is 3. The molecule has 8 heteroatoms. The average Bonchev–Trinajstić information content (AvgIpc) is 2.89. The summed E-state index contributed by atoms with van der Waals surface area (Å²) in [6.45, 7) is 2.78. The summed E-state index contributed by atoms with van der Waals surface area (Å²) in [5.74, 6) is 0.249. The van der Waals surface area contributed by atoms with E-state index in [2.05, 4.69) is 26.6 Å². The van der Waals surface area contributed by atoms with Crippen LogP contribution in [-0.2, 0) is 6.54 Å². The number of fused-ring (bicyclic) bond motifs is 1. The molecule has 5 aromatic rings. The predicted molar refractivity (Wildman–Crippen MR) is 161 cm³/mol. The lowest BCUT2D eigenvalue weighted by molar-refractivity contribution is 0.102. The molecular weight excluding hydrogens is 529 g/mol. The summed E-state index contributed by atoms with van der Waals surface area (Å²) >= 11 is 12.5. The lowest BCUT2D eigenvalue weighted by atomic mass is 10.1. The summed E-state index contributed by atoms with van der Waals surface area (Å²) in [5, 5.41) is 8.25. The first-order valence-electron chi connectivity index (χ1n) is 12.4. The topological polar surface area (TPSA) is 70.2 Å². The Morgan fingerprint density at radius 3 is 2.31 bits per heavy atom. The molecule has 1 aromatic heterocycles. The normalized spacial score (nSPS) is 11.1. The van der Waals surface area contributed by atoms with Crippen LogP contribution in [0.4, 0.5) is 17.3 Å². The molecule has 39 heavy (non-hydrogen) atoms. The van der Waals surface area contributed by atoms with Gasteiger partial charge in [-0.3, -0.25) is 4.79 Å². The number of para-hydroxylation sites is 1. The molecule has 0 radical (unpaired) electrons. The standard InChI is InChI=1S/C31H27Cl2N5O/c1-19-8-9-20(18-38(2)3)14-28(19)35-30(39)21-10-12-25(13-11-21)34-31-36-27-7-5-4-6-26(27)29(37-31)22-15-23(32)17-24(33)16-22/h4-17H,18H2,1-3H3,(H,35,39)(H,34,36,37). The summed E-state index contributed by atoms with van der Waals surface area (Å²) in [5.41, 5.74) is 6.54. The van der Waals surface area contributed by atoms with Gasteiger partial charge >= 0.3 is 0 Å². The number of halogens is 2. The highest BCUT2D eigenvalue weighted by atomic mass is 35.5. The Morgan fingerprint density at radius 2 is 1.59 bits per heavy atom. The van der Waals surface area contributed by atoms with E-state index in [0.717, 1.165) is 51.2 Å². The molecule has 0 fully saturated rings. The third-order valence-corrected chi connectivity index (χ3v) is 6.63. The summed E-state index contributed by atoms with van der Waals surface area (Å²) in [7, 11) is 4.04. The summed E-state index contributed by atoms with van der Waals surface area (Å²) in [4.78, 5) is 24.5. The van der Waals surface area contributed by atoms with Crippen molar-refractivity contribution in [2.45, 2.75) is 13.5 Å². The third kappa shape index (κ3) is 6.37. The van der Waals surface area contributed by atoms with E-state index in [4.69, 9.17) is 28.2 Å². The molecule has 0 aliphatic carbocycles. The van der Waals surface area contributed by atoms with Crippen LogP contribution in [0, 0.1) is 6.92 Å². The summed E-state index contributed by atoms with van der Waals surface area (Å²) in [6.07, 6.45) is 0. The van der Waals surface area contributed by atoms with Gasteiger partial charge in [-0.25, -0.2) is 9.97 Å². The lowest BCUT2D eigenvalue weighted by Gasteiger charge is -2.14. The van der Waals surface area contributed by atoms with Crippen molar-refractivity contribution in [3.8, 4) is 11.3 Å². The van der Waals surface area contributed by atoms with E-state index >= 15 is 0 Å². The quantitative estimate of drug-likeness (QED) is 0.213. The minimum Gasteiger partial charge on any atom is -0.324 e. The zero-order valence-electron chi connectivity index (χ0n) is 21.8. The second-order valence-corrected chi connectivity index (χ2v) is 10.5. The first-order chi connectivity index (χ1) is 18.7. The molecule has 0 unspecified atom stereocenters. The smallest absolute Gasteiger partial charge is 0.255 e. The maximum absolute atomic E-state index is 13.0. The van der Waals surface area contributed by atoms with E-state index in [1.807, 2.05) is 81.7 Å². The highest BCUT2D eigenvalue weighted by molar-refractivity contribution is 6.35. The highest BCUT2D eigenvalue weighted by Crippen LogP contribution is 2.32. The highest BCUT2D eigenvalue weighted by Gasteiger charge is 2.13. The molecule has 0 saturated heterocycles. The molecule has 0 aliphatic heterocycles. The fraction of sp³-hybridized carbons (Fsp3) is 0.129. The minimum absolute atomic E-state index is 0.172. The van der Waals surface area contributed by atoms with E-state index in [9.17, 15) is 4.79 Å². The minimum atomic E-state index is -0.172. The Morgan fingerprint density at radius 1 is 0.872 bits per heavy atom. The molecule has 6 nitrogen and oxygen atoms in total. The molecule has 0 atom stereocenters. The second kappa shape index (κ2) is 11.4. The SMILES string of the molecule is Cc1ccc(CN(C)C)cc1NC(=O)c1ccc(Nc2nc(-c3cc(Cl)cc(Cl)c3)c3ccccc3n2)cc1. The number of carbonyl (C=O) groups excluding carboxylic acids is 1. The molecule has 2 N–H and O–H groups in total. The number of hydrogen-bond donors (Lipinski definition) is 2. The van der Waals surface area contributed by atoms with Crippen LogP contribution in [0.25, 0.3) is 22.2 Å². The Labute approximate surface area is 237 Å². The fourth-order valence-corrected chi connectivity index (χ4v) is 4.86. The number of aryl methyl sites for hydroxylation is 1. The molecule has 1 amide bonds. The van der Waals surface area contributed by atoms with Gasteiger partial charge in [0.1, 0.15) is 0 Å². The molecule has 0 bridgehead atoms. The van der Waals surface area contributed by atoms with Gasteiger partial charge in [0, 0.05) is 44.5 Å².